The average Bonchev–Trinajstić information content (AvgIpc) is 3.28. The molecule has 0 radical (unpaired) electrons. The van der Waals surface area contributed by atoms with Crippen LogP contribution in [0.4, 0.5) is 5.69 Å². The lowest BCUT2D eigenvalue weighted by Gasteiger charge is -2.14. The Morgan fingerprint density at radius 3 is 2.79 bits per heavy atom. The second kappa shape index (κ2) is 7.66. The minimum atomic E-state index is 0.156. The van der Waals surface area contributed by atoms with Gasteiger partial charge in [-0.3, -0.25) is 4.79 Å². The second-order valence-electron chi connectivity index (χ2n) is 7.63. The molecule has 2 aromatic heterocycles. The zero-order chi connectivity index (χ0) is 19.8. The van der Waals surface area contributed by atoms with Crippen LogP contribution in [0.25, 0.3) is 22.2 Å². The summed E-state index contributed by atoms with van der Waals surface area (Å²) in [5.74, 6) is 1.05. The highest BCUT2D eigenvalue weighted by atomic mass is 32.2. The Bertz CT molecular complexity index is 1100. The number of rotatable bonds is 6. The van der Waals surface area contributed by atoms with Gasteiger partial charge in [-0.15, -0.1) is 0 Å². The van der Waals surface area contributed by atoms with Gasteiger partial charge in [-0.25, -0.2) is 4.98 Å². The van der Waals surface area contributed by atoms with Crippen molar-refractivity contribution in [2.75, 3.05) is 11.0 Å². The smallest absolute Gasteiger partial charge is 0.253 e. The zero-order valence-corrected chi connectivity index (χ0v) is 17.9. The summed E-state index contributed by atoms with van der Waals surface area (Å²) in [5, 5.41) is 0. The third kappa shape index (κ3) is 3.13. The number of hydrogen-bond donors (Lipinski definition) is 1. The summed E-state index contributed by atoms with van der Waals surface area (Å²) >= 11 is 1.58. The van der Waals surface area contributed by atoms with Crippen LogP contribution in [-0.2, 0) is 26.4 Å². The quantitative estimate of drug-likeness (QED) is 0.614. The van der Waals surface area contributed by atoms with Crippen molar-refractivity contribution in [3.8, 4) is 11.1 Å². The van der Waals surface area contributed by atoms with E-state index in [1.807, 2.05) is 19.5 Å². The van der Waals surface area contributed by atoms with Crippen LogP contribution in [0.5, 0.6) is 0 Å². The van der Waals surface area contributed by atoms with E-state index < -0.39 is 0 Å². The molecule has 0 aliphatic heterocycles. The maximum absolute atomic E-state index is 12.5. The van der Waals surface area contributed by atoms with Crippen LogP contribution < -0.4 is 10.3 Å². The van der Waals surface area contributed by atoms with E-state index in [1.54, 1.807) is 16.5 Å². The van der Waals surface area contributed by atoms with E-state index in [9.17, 15) is 4.79 Å². The number of hydrogen-bond acceptors (Lipinski definition) is 4. The average molecular weight is 397 g/mol. The second-order valence-corrected chi connectivity index (χ2v) is 8.24. The number of anilines is 1. The van der Waals surface area contributed by atoms with E-state index >= 15 is 0 Å². The monoisotopic (exact) mass is 396 g/mol. The molecular weight excluding hydrogens is 368 g/mol. The number of pyridine rings is 1. The van der Waals surface area contributed by atoms with E-state index in [2.05, 4.69) is 35.3 Å². The molecule has 0 bridgehead atoms. The highest BCUT2D eigenvalue weighted by Crippen LogP contribution is 2.36. The molecule has 1 N–H and O–H groups in total. The first-order chi connectivity index (χ1) is 13.5. The summed E-state index contributed by atoms with van der Waals surface area (Å²) in [7, 11) is 1.86. The summed E-state index contributed by atoms with van der Waals surface area (Å²) in [5.41, 5.74) is 7.96. The standard InChI is InChI=1S/C22H28N4OS/c1-5-6-10-26-14(2)23-21-19(24-28-4)11-15(12-20(21)26)18-13-25(3)22(27)17-9-7-8-16(17)18/h11-13,24H,5-10H2,1-4H3. The molecule has 148 valence electrons. The molecule has 1 aromatic carbocycles. The SMILES string of the molecule is CCCCn1c(C)nc2c(NSC)cc(-c3cn(C)c(=O)c4c3CCC4)cc21. The molecule has 0 amide bonds. The first-order valence-electron chi connectivity index (χ1n) is 10.1. The Balaban J connectivity index is 1.97. The fraction of sp³-hybridized carbons (Fsp3) is 0.455. The molecular formula is C22H28N4OS. The molecule has 6 heteroatoms. The van der Waals surface area contributed by atoms with Gasteiger partial charge in [0.05, 0.1) is 11.2 Å². The number of aromatic nitrogens is 3. The van der Waals surface area contributed by atoms with E-state index in [0.29, 0.717) is 0 Å². The Morgan fingerprint density at radius 1 is 1.25 bits per heavy atom. The Hall–Kier alpha value is -2.21. The number of imidazole rings is 1. The van der Waals surface area contributed by atoms with Crippen molar-refractivity contribution in [3.63, 3.8) is 0 Å². The van der Waals surface area contributed by atoms with Crippen LogP contribution in [0.3, 0.4) is 0 Å². The first kappa shape index (κ1) is 19.1. The maximum Gasteiger partial charge on any atom is 0.253 e. The third-order valence-corrected chi connectivity index (χ3v) is 6.17. The van der Waals surface area contributed by atoms with Crippen molar-refractivity contribution in [2.24, 2.45) is 7.05 Å². The number of nitrogens with zero attached hydrogens (tertiary/aromatic N) is 3. The van der Waals surface area contributed by atoms with Gasteiger partial charge < -0.3 is 13.9 Å². The maximum atomic E-state index is 12.5. The molecule has 0 fully saturated rings. The fourth-order valence-electron chi connectivity index (χ4n) is 4.35. The normalized spacial score (nSPS) is 13.3. The molecule has 2 heterocycles. The van der Waals surface area contributed by atoms with Crippen LogP contribution in [-0.4, -0.2) is 20.4 Å². The van der Waals surface area contributed by atoms with Crippen LogP contribution in [0.1, 0.15) is 43.1 Å². The van der Waals surface area contributed by atoms with E-state index in [-0.39, 0.29) is 5.56 Å². The minimum Gasteiger partial charge on any atom is -0.328 e. The Labute approximate surface area is 170 Å². The number of unbranched alkanes of at least 4 members (excludes halogenated alkanes) is 1. The van der Waals surface area contributed by atoms with Crippen molar-refractivity contribution < 1.29 is 0 Å². The van der Waals surface area contributed by atoms with Crippen LogP contribution in [0.2, 0.25) is 0 Å². The van der Waals surface area contributed by atoms with Crippen LogP contribution in [0.15, 0.2) is 23.1 Å². The molecule has 3 aromatic rings. The van der Waals surface area contributed by atoms with Crippen LogP contribution in [0, 0.1) is 6.92 Å². The van der Waals surface area contributed by atoms with E-state index in [4.69, 9.17) is 4.98 Å². The predicted molar refractivity (Wildman–Crippen MR) is 119 cm³/mol. The van der Waals surface area contributed by atoms with Crippen molar-refractivity contribution in [2.45, 2.75) is 52.5 Å². The van der Waals surface area contributed by atoms with Crippen molar-refractivity contribution in [3.05, 3.63) is 45.6 Å². The van der Waals surface area contributed by atoms with Gasteiger partial charge in [0.25, 0.3) is 5.56 Å². The Morgan fingerprint density at radius 2 is 2.04 bits per heavy atom. The topological polar surface area (TPSA) is 51.9 Å². The molecule has 0 saturated heterocycles. The third-order valence-electron chi connectivity index (χ3n) is 5.75. The molecule has 0 spiro atoms. The lowest BCUT2D eigenvalue weighted by Crippen LogP contribution is -2.21. The van der Waals surface area contributed by atoms with E-state index in [1.165, 1.54) is 16.6 Å². The summed E-state index contributed by atoms with van der Waals surface area (Å²) in [6.45, 7) is 5.28. The van der Waals surface area contributed by atoms with Gasteiger partial charge >= 0.3 is 0 Å². The number of fused-ring (bicyclic) bond motifs is 2. The predicted octanol–water partition coefficient (Wildman–Crippen LogP) is 4.69. The first-order valence-corrected chi connectivity index (χ1v) is 11.3. The molecule has 4 rings (SSSR count). The van der Waals surface area contributed by atoms with Gasteiger partial charge in [0.1, 0.15) is 11.3 Å². The van der Waals surface area contributed by atoms with Crippen molar-refractivity contribution in [1.29, 1.82) is 0 Å². The number of nitrogens with one attached hydrogen (secondary N) is 1. The fourth-order valence-corrected chi connectivity index (χ4v) is 4.72. The van der Waals surface area contributed by atoms with Gasteiger partial charge in [0.15, 0.2) is 0 Å². The molecule has 1 aliphatic rings. The Kier molecular flexibility index (Phi) is 5.23. The molecule has 0 saturated carbocycles. The van der Waals surface area contributed by atoms with Gasteiger partial charge in [-0.2, -0.15) is 0 Å². The lowest BCUT2D eigenvalue weighted by atomic mass is 9.98. The largest absolute Gasteiger partial charge is 0.328 e. The molecule has 28 heavy (non-hydrogen) atoms. The zero-order valence-electron chi connectivity index (χ0n) is 17.1. The van der Waals surface area contributed by atoms with Gasteiger partial charge in [-0.05, 0) is 55.9 Å². The molecule has 0 atom stereocenters. The van der Waals surface area contributed by atoms with Crippen LogP contribution >= 0.6 is 11.9 Å². The van der Waals surface area contributed by atoms with E-state index in [0.717, 1.165) is 66.8 Å². The minimum absolute atomic E-state index is 0.156. The molecule has 1 aliphatic carbocycles. The van der Waals surface area contributed by atoms with Gasteiger partial charge in [0.2, 0.25) is 0 Å². The van der Waals surface area contributed by atoms with Crippen molar-refractivity contribution >= 4 is 28.7 Å². The highest BCUT2D eigenvalue weighted by Gasteiger charge is 2.22. The highest BCUT2D eigenvalue weighted by molar-refractivity contribution is 7.99. The molecule has 5 nitrogen and oxygen atoms in total. The summed E-state index contributed by atoms with van der Waals surface area (Å²) in [6, 6.07) is 4.45. The number of benzene rings is 1. The molecule has 0 unspecified atom stereocenters. The van der Waals surface area contributed by atoms with Gasteiger partial charge in [-0.1, -0.05) is 25.3 Å². The lowest BCUT2D eigenvalue weighted by molar-refractivity contribution is 0.631. The van der Waals surface area contributed by atoms with Crippen molar-refractivity contribution in [1.82, 2.24) is 14.1 Å². The summed E-state index contributed by atoms with van der Waals surface area (Å²) in [4.78, 5) is 17.4. The number of aryl methyl sites for hydroxylation is 3. The summed E-state index contributed by atoms with van der Waals surface area (Å²) < 4.78 is 7.49. The van der Waals surface area contributed by atoms with Gasteiger partial charge in [0, 0.05) is 37.2 Å². The summed E-state index contributed by atoms with van der Waals surface area (Å²) in [6.07, 6.45) is 9.27.